The van der Waals surface area contributed by atoms with Crippen molar-refractivity contribution >= 4 is 87.8 Å². The highest BCUT2D eigenvalue weighted by molar-refractivity contribution is 6.17. The molecule has 0 saturated carbocycles. The van der Waals surface area contributed by atoms with Gasteiger partial charge in [-0.3, -0.25) is 0 Å². The molecule has 0 aliphatic carbocycles. The maximum absolute atomic E-state index is 6.03. The third-order valence-corrected chi connectivity index (χ3v) is 8.11. The number of benzene rings is 6. The Morgan fingerprint density at radius 3 is 1.10 bits per heavy atom. The van der Waals surface area contributed by atoms with Crippen LogP contribution in [0.15, 0.2) is 133 Å². The molecule has 0 N–H and O–H groups in total. The number of hydrogen-bond acceptors (Lipinski definition) is 4. The molecule has 0 aliphatic heterocycles. The first-order valence-corrected chi connectivity index (χ1v) is 13.7. The van der Waals surface area contributed by atoms with Crippen molar-refractivity contribution in [2.45, 2.75) is 6.92 Å². The zero-order valence-electron chi connectivity index (χ0n) is 22.1. The van der Waals surface area contributed by atoms with Crippen molar-refractivity contribution in [3.8, 4) is 0 Å². The summed E-state index contributed by atoms with van der Waals surface area (Å²) < 4.78 is 23.8. The molecule has 0 atom stereocenters. The standard InChI is InChI=1S/C19H12O2.C18H10O2/c1-11-18-14(12-6-2-4-8-16(12)20-18)10-15-13-7-3-5-9-17(13)21-19(11)15;1-3-7-15-11(5-1)13-9-14-12-6-2-4-8-16(12)20-18(14)10-17(13)19-15/h2-10H,1H3;1-10H. The van der Waals surface area contributed by atoms with E-state index in [9.17, 15) is 0 Å². The second-order valence-corrected chi connectivity index (χ2v) is 10.5. The van der Waals surface area contributed by atoms with Crippen LogP contribution in [0.4, 0.5) is 0 Å². The second kappa shape index (κ2) is 8.26. The molecule has 4 heterocycles. The fraction of sp³-hybridized carbons (Fsp3) is 0.0270. The van der Waals surface area contributed by atoms with Crippen molar-refractivity contribution in [1.82, 2.24) is 0 Å². The molecule has 4 nitrogen and oxygen atoms in total. The number of fused-ring (bicyclic) bond motifs is 12. The summed E-state index contributed by atoms with van der Waals surface area (Å²) in [6.07, 6.45) is 0. The monoisotopic (exact) mass is 530 g/mol. The summed E-state index contributed by atoms with van der Waals surface area (Å²) in [6.45, 7) is 2.06. The summed E-state index contributed by atoms with van der Waals surface area (Å²) in [5, 5.41) is 9.19. The van der Waals surface area contributed by atoms with E-state index in [1.165, 1.54) is 0 Å². The molecule has 0 unspecified atom stereocenters. The Kier molecular flexibility index (Phi) is 4.50. The van der Waals surface area contributed by atoms with Gasteiger partial charge in [0.25, 0.3) is 0 Å². The summed E-state index contributed by atoms with van der Waals surface area (Å²) in [5.74, 6) is 0. The topological polar surface area (TPSA) is 52.6 Å². The molecule has 0 amide bonds. The summed E-state index contributed by atoms with van der Waals surface area (Å²) in [4.78, 5) is 0. The molecule has 4 heteroatoms. The highest BCUT2D eigenvalue weighted by Crippen LogP contribution is 2.39. The van der Waals surface area contributed by atoms with Crippen LogP contribution in [-0.4, -0.2) is 0 Å². The first-order valence-electron chi connectivity index (χ1n) is 13.7. The summed E-state index contributed by atoms with van der Waals surface area (Å²) in [7, 11) is 0. The van der Waals surface area contributed by atoms with E-state index >= 15 is 0 Å². The van der Waals surface area contributed by atoms with E-state index in [0.29, 0.717) is 0 Å². The lowest BCUT2D eigenvalue weighted by Crippen LogP contribution is -1.75. The van der Waals surface area contributed by atoms with E-state index < -0.39 is 0 Å². The van der Waals surface area contributed by atoms with Gasteiger partial charge in [-0.15, -0.1) is 0 Å². The minimum atomic E-state index is 0.873. The van der Waals surface area contributed by atoms with Gasteiger partial charge in [0, 0.05) is 54.7 Å². The SMILES string of the molecule is Cc1c2oc3ccccc3c2cc2c1oc1ccccc12.c1ccc2c(c1)oc1cc3oc4ccccc4c3cc12. The van der Waals surface area contributed by atoms with Crippen molar-refractivity contribution in [3.63, 3.8) is 0 Å². The van der Waals surface area contributed by atoms with Crippen LogP contribution in [0.3, 0.4) is 0 Å². The van der Waals surface area contributed by atoms with Crippen molar-refractivity contribution < 1.29 is 17.7 Å². The van der Waals surface area contributed by atoms with Gasteiger partial charge in [0.1, 0.15) is 44.7 Å². The molecule has 0 radical (unpaired) electrons. The van der Waals surface area contributed by atoms with E-state index in [4.69, 9.17) is 17.7 Å². The average molecular weight is 531 g/mol. The maximum Gasteiger partial charge on any atom is 0.142 e. The Bertz CT molecular complexity index is 2430. The summed E-state index contributed by atoms with van der Waals surface area (Å²) in [6, 6.07) is 38.9. The van der Waals surface area contributed by atoms with Crippen molar-refractivity contribution in [1.29, 1.82) is 0 Å². The molecule has 41 heavy (non-hydrogen) atoms. The molecule has 194 valence electrons. The number of hydrogen-bond donors (Lipinski definition) is 0. The van der Waals surface area contributed by atoms with Gasteiger partial charge in [-0.05, 0) is 43.3 Å². The molecule has 0 saturated heterocycles. The zero-order chi connectivity index (χ0) is 27.1. The third-order valence-electron chi connectivity index (χ3n) is 8.11. The first-order chi connectivity index (χ1) is 20.2. The van der Waals surface area contributed by atoms with Crippen LogP contribution in [0.5, 0.6) is 0 Å². The smallest absolute Gasteiger partial charge is 0.142 e. The summed E-state index contributed by atoms with van der Waals surface area (Å²) >= 11 is 0. The van der Waals surface area contributed by atoms with Crippen LogP contribution in [0.2, 0.25) is 0 Å². The highest BCUT2D eigenvalue weighted by Gasteiger charge is 2.16. The lowest BCUT2D eigenvalue weighted by molar-refractivity contribution is 0.650. The van der Waals surface area contributed by atoms with Gasteiger partial charge in [-0.1, -0.05) is 72.8 Å². The molecule has 0 fully saturated rings. The van der Waals surface area contributed by atoms with Gasteiger partial charge in [0.2, 0.25) is 0 Å². The van der Waals surface area contributed by atoms with Crippen LogP contribution < -0.4 is 0 Å². The molecule has 4 aromatic heterocycles. The Morgan fingerprint density at radius 2 is 0.659 bits per heavy atom. The number of rotatable bonds is 0. The fourth-order valence-corrected chi connectivity index (χ4v) is 6.17. The molecular formula is C37H22O4. The fourth-order valence-electron chi connectivity index (χ4n) is 6.17. The van der Waals surface area contributed by atoms with Crippen molar-refractivity contribution in [2.75, 3.05) is 0 Å². The van der Waals surface area contributed by atoms with Gasteiger partial charge in [-0.25, -0.2) is 0 Å². The third kappa shape index (κ3) is 3.22. The van der Waals surface area contributed by atoms with Crippen LogP contribution in [-0.2, 0) is 0 Å². The Labute approximate surface area is 232 Å². The average Bonchev–Trinajstić information content (AvgIpc) is 3.77. The first kappa shape index (κ1) is 22.3. The Morgan fingerprint density at radius 1 is 0.317 bits per heavy atom. The van der Waals surface area contributed by atoms with E-state index in [1.807, 2.05) is 78.9 Å². The minimum absolute atomic E-state index is 0.873. The molecule has 0 aliphatic rings. The Hall–Kier alpha value is -5.48. The van der Waals surface area contributed by atoms with Gasteiger partial charge < -0.3 is 17.7 Å². The zero-order valence-corrected chi connectivity index (χ0v) is 22.1. The lowest BCUT2D eigenvalue weighted by atomic mass is 10.0. The van der Waals surface area contributed by atoms with Crippen LogP contribution in [0.25, 0.3) is 87.8 Å². The molecule has 0 bridgehead atoms. The number of aryl methyl sites for hydroxylation is 1. The van der Waals surface area contributed by atoms with Gasteiger partial charge >= 0.3 is 0 Å². The normalized spacial score (nSPS) is 12.0. The largest absolute Gasteiger partial charge is 0.456 e. The molecular weight excluding hydrogens is 508 g/mol. The van der Waals surface area contributed by atoms with Crippen LogP contribution in [0, 0.1) is 6.92 Å². The van der Waals surface area contributed by atoms with Crippen molar-refractivity contribution in [3.05, 3.63) is 121 Å². The molecule has 0 spiro atoms. The second-order valence-electron chi connectivity index (χ2n) is 10.5. The van der Waals surface area contributed by atoms with E-state index in [2.05, 4.69) is 43.3 Å². The molecule has 10 rings (SSSR count). The number of furan rings is 4. The van der Waals surface area contributed by atoms with E-state index in [1.54, 1.807) is 0 Å². The predicted octanol–water partition coefficient (Wildman–Crippen LogP) is 11.3. The molecule has 10 aromatic rings. The van der Waals surface area contributed by atoms with Crippen molar-refractivity contribution in [2.24, 2.45) is 0 Å². The summed E-state index contributed by atoms with van der Waals surface area (Å²) in [5.41, 5.74) is 8.33. The predicted molar refractivity (Wildman–Crippen MR) is 167 cm³/mol. The van der Waals surface area contributed by atoms with Gasteiger partial charge in [0.05, 0.1) is 0 Å². The molecule has 6 aromatic carbocycles. The van der Waals surface area contributed by atoms with Gasteiger partial charge in [0.15, 0.2) is 0 Å². The number of para-hydroxylation sites is 4. The Balaban J connectivity index is 0.000000117. The van der Waals surface area contributed by atoms with Crippen LogP contribution in [0.1, 0.15) is 5.56 Å². The minimum Gasteiger partial charge on any atom is -0.456 e. The maximum atomic E-state index is 6.03. The lowest BCUT2D eigenvalue weighted by Gasteiger charge is -1.96. The van der Waals surface area contributed by atoms with E-state index in [0.717, 1.165) is 93.3 Å². The van der Waals surface area contributed by atoms with E-state index in [-0.39, 0.29) is 0 Å². The quantitative estimate of drug-likeness (QED) is 0.196. The van der Waals surface area contributed by atoms with Gasteiger partial charge in [-0.2, -0.15) is 0 Å². The van der Waals surface area contributed by atoms with Crippen LogP contribution >= 0.6 is 0 Å². The highest BCUT2D eigenvalue weighted by atomic mass is 16.4.